The molecule has 2 atom stereocenters. The maximum absolute atomic E-state index is 12.2. The number of rotatable bonds is 4. The summed E-state index contributed by atoms with van der Waals surface area (Å²) in [6, 6.07) is 7.73. The van der Waals surface area contributed by atoms with Crippen LogP contribution in [0.5, 0.6) is 0 Å². The largest absolute Gasteiger partial charge is 0.381 e. The highest BCUT2D eigenvalue weighted by Gasteiger charge is 2.23. The zero-order chi connectivity index (χ0) is 14.5. The third kappa shape index (κ3) is 3.67. The van der Waals surface area contributed by atoms with Gasteiger partial charge in [-0.15, -0.1) is 0 Å². The van der Waals surface area contributed by atoms with Crippen molar-refractivity contribution in [3.63, 3.8) is 0 Å². The monoisotopic (exact) mass is 289 g/mol. The molecule has 3 N–H and O–H groups in total. The van der Waals surface area contributed by atoms with Gasteiger partial charge < -0.3 is 20.7 Å². The Kier molecular flexibility index (Phi) is 4.60. The summed E-state index contributed by atoms with van der Waals surface area (Å²) in [4.78, 5) is 12.2. The molecule has 0 spiro atoms. The molecule has 0 aliphatic carbocycles. The van der Waals surface area contributed by atoms with E-state index in [0.717, 1.165) is 30.8 Å². The minimum Gasteiger partial charge on any atom is -0.381 e. The van der Waals surface area contributed by atoms with Gasteiger partial charge in [0.25, 0.3) is 0 Å². The van der Waals surface area contributed by atoms with Crippen molar-refractivity contribution in [2.45, 2.75) is 37.8 Å². The molecule has 1 aromatic rings. The lowest BCUT2D eigenvalue weighted by molar-refractivity contribution is -0.121. The number of benzene rings is 1. The van der Waals surface area contributed by atoms with E-state index in [2.05, 4.69) is 16.0 Å². The van der Waals surface area contributed by atoms with E-state index < -0.39 is 0 Å². The summed E-state index contributed by atoms with van der Waals surface area (Å²) >= 11 is 0. The molecule has 2 aliphatic rings. The van der Waals surface area contributed by atoms with Crippen LogP contribution in [-0.2, 0) is 9.53 Å². The van der Waals surface area contributed by atoms with Crippen molar-refractivity contribution in [3.8, 4) is 0 Å². The summed E-state index contributed by atoms with van der Waals surface area (Å²) < 4.78 is 5.67. The smallest absolute Gasteiger partial charge is 0.244 e. The van der Waals surface area contributed by atoms with E-state index >= 15 is 0 Å². The first-order valence-corrected chi connectivity index (χ1v) is 7.82. The lowest BCUT2D eigenvalue weighted by Gasteiger charge is -2.28. The lowest BCUT2D eigenvalue weighted by Crippen LogP contribution is -2.46. The maximum Gasteiger partial charge on any atom is 0.244 e. The van der Waals surface area contributed by atoms with Gasteiger partial charge in [-0.05, 0) is 37.8 Å². The van der Waals surface area contributed by atoms with E-state index in [4.69, 9.17) is 4.74 Å². The number of carbonyl (C=O) groups excluding carboxylic acids is 1. The fraction of sp³-hybridized carbons (Fsp3) is 0.562. The molecular weight excluding hydrogens is 266 g/mol. The van der Waals surface area contributed by atoms with Gasteiger partial charge in [0.15, 0.2) is 0 Å². The van der Waals surface area contributed by atoms with E-state index in [9.17, 15) is 4.79 Å². The fourth-order valence-electron chi connectivity index (χ4n) is 2.89. The quantitative estimate of drug-likeness (QED) is 0.793. The van der Waals surface area contributed by atoms with E-state index in [1.54, 1.807) is 0 Å². The average Bonchev–Trinajstić information content (AvgIpc) is 2.55. The number of para-hydroxylation sites is 2. The Labute approximate surface area is 125 Å². The average molecular weight is 289 g/mol. The second kappa shape index (κ2) is 6.80. The molecule has 21 heavy (non-hydrogen) atoms. The SMILES string of the molecule is O=C(NCCC1CCCCO1)C1CNc2ccccc2N1. The molecule has 114 valence electrons. The van der Waals surface area contributed by atoms with E-state index in [0.29, 0.717) is 19.2 Å². The van der Waals surface area contributed by atoms with Crippen LogP contribution in [0.2, 0.25) is 0 Å². The molecule has 1 saturated heterocycles. The molecule has 3 rings (SSSR count). The predicted molar refractivity (Wildman–Crippen MR) is 83.6 cm³/mol. The van der Waals surface area contributed by atoms with Gasteiger partial charge in [-0.1, -0.05) is 12.1 Å². The lowest BCUT2D eigenvalue weighted by atomic mass is 10.1. The molecule has 1 fully saturated rings. The number of amides is 1. The maximum atomic E-state index is 12.2. The molecular formula is C16H23N3O2. The summed E-state index contributed by atoms with van der Waals surface area (Å²) in [5.41, 5.74) is 2.04. The number of carbonyl (C=O) groups is 1. The molecule has 0 bridgehead atoms. The van der Waals surface area contributed by atoms with Crippen LogP contribution in [0.4, 0.5) is 11.4 Å². The highest BCUT2D eigenvalue weighted by Crippen LogP contribution is 2.25. The summed E-state index contributed by atoms with van der Waals surface area (Å²) in [5.74, 6) is 0.0489. The van der Waals surface area contributed by atoms with Crippen LogP contribution in [0, 0.1) is 0 Å². The number of ether oxygens (including phenoxy) is 1. The van der Waals surface area contributed by atoms with Crippen LogP contribution < -0.4 is 16.0 Å². The Morgan fingerprint density at radius 2 is 2.14 bits per heavy atom. The molecule has 2 aliphatic heterocycles. The van der Waals surface area contributed by atoms with Crippen LogP contribution in [-0.4, -0.2) is 37.7 Å². The van der Waals surface area contributed by atoms with Crippen molar-refractivity contribution in [1.82, 2.24) is 5.32 Å². The molecule has 0 aromatic heterocycles. The second-order valence-electron chi connectivity index (χ2n) is 5.69. The van der Waals surface area contributed by atoms with Gasteiger partial charge in [0.2, 0.25) is 5.91 Å². The first-order chi connectivity index (χ1) is 10.3. The molecule has 5 heteroatoms. The Bertz CT molecular complexity index is 486. The predicted octanol–water partition coefficient (Wildman–Crippen LogP) is 1.97. The molecule has 1 aromatic carbocycles. The summed E-state index contributed by atoms with van der Waals surface area (Å²) in [6.45, 7) is 2.16. The Hall–Kier alpha value is -1.75. The van der Waals surface area contributed by atoms with Crippen LogP contribution in [0.25, 0.3) is 0 Å². The van der Waals surface area contributed by atoms with Crippen molar-refractivity contribution in [3.05, 3.63) is 24.3 Å². The van der Waals surface area contributed by atoms with Crippen LogP contribution in [0.15, 0.2) is 24.3 Å². The van der Waals surface area contributed by atoms with Gasteiger partial charge in [0.1, 0.15) is 6.04 Å². The van der Waals surface area contributed by atoms with E-state index in [1.807, 2.05) is 24.3 Å². The van der Waals surface area contributed by atoms with Crippen molar-refractivity contribution < 1.29 is 9.53 Å². The molecule has 0 radical (unpaired) electrons. The number of nitrogens with one attached hydrogen (secondary N) is 3. The first-order valence-electron chi connectivity index (χ1n) is 7.82. The van der Waals surface area contributed by atoms with Crippen LogP contribution >= 0.6 is 0 Å². The van der Waals surface area contributed by atoms with Crippen molar-refractivity contribution in [1.29, 1.82) is 0 Å². The van der Waals surface area contributed by atoms with Gasteiger partial charge in [0.05, 0.1) is 17.5 Å². The van der Waals surface area contributed by atoms with E-state index in [1.165, 1.54) is 12.8 Å². The fourth-order valence-corrected chi connectivity index (χ4v) is 2.89. The molecule has 2 unspecified atom stereocenters. The molecule has 2 heterocycles. The second-order valence-corrected chi connectivity index (χ2v) is 5.69. The Morgan fingerprint density at radius 3 is 2.95 bits per heavy atom. The minimum absolute atomic E-state index is 0.0489. The molecule has 5 nitrogen and oxygen atoms in total. The van der Waals surface area contributed by atoms with Gasteiger partial charge in [-0.25, -0.2) is 0 Å². The van der Waals surface area contributed by atoms with Gasteiger partial charge >= 0.3 is 0 Å². The third-order valence-corrected chi connectivity index (χ3v) is 4.11. The van der Waals surface area contributed by atoms with Crippen LogP contribution in [0.1, 0.15) is 25.7 Å². The van der Waals surface area contributed by atoms with Crippen LogP contribution in [0.3, 0.4) is 0 Å². The number of fused-ring (bicyclic) bond motifs is 1. The number of anilines is 2. The topological polar surface area (TPSA) is 62.4 Å². The summed E-state index contributed by atoms with van der Waals surface area (Å²) in [5, 5.41) is 9.57. The summed E-state index contributed by atoms with van der Waals surface area (Å²) in [6.07, 6.45) is 4.75. The third-order valence-electron chi connectivity index (χ3n) is 4.11. The normalized spacial score (nSPS) is 24.4. The van der Waals surface area contributed by atoms with Crippen molar-refractivity contribution in [2.75, 3.05) is 30.3 Å². The van der Waals surface area contributed by atoms with Gasteiger partial charge in [-0.3, -0.25) is 4.79 Å². The highest BCUT2D eigenvalue weighted by molar-refractivity contribution is 5.88. The first kappa shape index (κ1) is 14.2. The number of hydrogen-bond acceptors (Lipinski definition) is 4. The van der Waals surface area contributed by atoms with E-state index in [-0.39, 0.29) is 11.9 Å². The standard InChI is InChI=1S/C16H23N3O2/c20-16(17-9-8-12-5-3-4-10-21-12)15-11-18-13-6-1-2-7-14(13)19-15/h1-2,6-7,12,15,18-19H,3-5,8-11H2,(H,17,20). The minimum atomic E-state index is -0.216. The zero-order valence-corrected chi connectivity index (χ0v) is 12.2. The molecule has 1 amide bonds. The summed E-state index contributed by atoms with van der Waals surface area (Å²) in [7, 11) is 0. The van der Waals surface area contributed by atoms with Crippen molar-refractivity contribution >= 4 is 17.3 Å². The Balaban J connectivity index is 1.44. The highest BCUT2D eigenvalue weighted by atomic mass is 16.5. The van der Waals surface area contributed by atoms with Gasteiger partial charge in [0, 0.05) is 19.7 Å². The molecule has 0 saturated carbocycles. The number of hydrogen-bond donors (Lipinski definition) is 3. The van der Waals surface area contributed by atoms with Crippen molar-refractivity contribution in [2.24, 2.45) is 0 Å². The Morgan fingerprint density at radius 1 is 1.29 bits per heavy atom. The van der Waals surface area contributed by atoms with Gasteiger partial charge in [-0.2, -0.15) is 0 Å². The zero-order valence-electron chi connectivity index (χ0n) is 12.2.